The first-order chi connectivity index (χ1) is 12.0. The summed E-state index contributed by atoms with van der Waals surface area (Å²) in [5.41, 5.74) is 2.21. The summed E-state index contributed by atoms with van der Waals surface area (Å²) in [5.74, 6) is 0.102. The van der Waals surface area contributed by atoms with Gasteiger partial charge in [0, 0.05) is 29.4 Å². The van der Waals surface area contributed by atoms with Gasteiger partial charge in [0.1, 0.15) is 0 Å². The molecule has 0 spiro atoms. The van der Waals surface area contributed by atoms with E-state index in [-0.39, 0.29) is 18.5 Å². The van der Waals surface area contributed by atoms with E-state index in [4.69, 9.17) is 5.11 Å². The van der Waals surface area contributed by atoms with E-state index in [1.54, 1.807) is 11.3 Å². The minimum absolute atomic E-state index is 0.0643. The fraction of sp³-hybridized carbons (Fsp3) is 0.684. The quantitative estimate of drug-likeness (QED) is 0.892. The van der Waals surface area contributed by atoms with Gasteiger partial charge in [0.05, 0.1) is 12.1 Å². The number of rotatable bonds is 4. The van der Waals surface area contributed by atoms with Gasteiger partial charge in [-0.1, -0.05) is 6.92 Å². The van der Waals surface area contributed by atoms with Gasteiger partial charge in [-0.2, -0.15) is 0 Å². The molecule has 2 heterocycles. The Balaban J connectivity index is 1.65. The zero-order valence-electron chi connectivity index (χ0n) is 15.2. The lowest BCUT2D eigenvalue weighted by Crippen LogP contribution is -2.37. The van der Waals surface area contributed by atoms with Gasteiger partial charge >= 0.3 is 5.97 Å². The lowest BCUT2D eigenvalue weighted by molar-refractivity contribution is -0.138. The van der Waals surface area contributed by atoms with E-state index in [9.17, 15) is 9.59 Å². The van der Waals surface area contributed by atoms with Gasteiger partial charge in [0.15, 0.2) is 0 Å². The molecule has 2 atom stereocenters. The molecular weight excluding hydrogens is 336 g/mol. The van der Waals surface area contributed by atoms with Crippen LogP contribution in [0.5, 0.6) is 0 Å². The average molecular weight is 365 g/mol. The zero-order valence-corrected chi connectivity index (χ0v) is 16.0. The number of nitrogens with zero attached hydrogens (tertiary/aromatic N) is 2. The Kier molecular flexibility index (Phi) is 5.79. The largest absolute Gasteiger partial charge is 0.480 e. The molecule has 1 aromatic rings. The summed E-state index contributed by atoms with van der Waals surface area (Å²) in [6, 6.07) is 0.242. The van der Waals surface area contributed by atoms with Crippen molar-refractivity contribution in [3.63, 3.8) is 0 Å². The molecule has 1 N–H and O–H groups in total. The van der Waals surface area contributed by atoms with Crippen LogP contribution in [0.3, 0.4) is 0 Å². The van der Waals surface area contributed by atoms with Crippen LogP contribution in [-0.4, -0.2) is 59.5 Å². The maximum absolute atomic E-state index is 13.0. The van der Waals surface area contributed by atoms with Gasteiger partial charge in [-0.05, 0) is 57.1 Å². The maximum Gasteiger partial charge on any atom is 0.317 e. The standard InChI is InChI=1S/C19H28N2O3S/c1-13-5-6-15-16(12-25-17(15)10-13)19(24)21-8-3-4-14(7-9-21)20(2)11-18(22)23/h12-14H,3-11H2,1-2H3,(H,22,23)/t13-,14+/m0/s1. The van der Waals surface area contributed by atoms with Crippen LogP contribution in [0.25, 0.3) is 0 Å². The molecule has 1 aliphatic carbocycles. The molecule has 1 fully saturated rings. The summed E-state index contributed by atoms with van der Waals surface area (Å²) in [6.45, 7) is 3.84. The highest BCUT2D eigenvalue weighted by Gasteiger charge is 2.28. The highest BCUT2D eigenvalue weighted by molar-refractivity contribution is 7.10. The molecule has 25 heavy (non-hydrogen) atoms. The number of carbonyl (C=O) groups excluding carboxylic acids is 1. The van der Waals surface area contributed by atoms with Gasteiger partial charge in [-0.25, -0.2) is 0 Å². The van der Waals surface area contributed by atoms with E-state index in [0.29, 0.717) is 6.54 Å². The molecule has 6 heteroatoms. The Hall–Kier alpha value is -1.40. The topological polar surface area (TPSA) is 60.9 Å². The predicted octanol–water partition coefficient (Wildman–Crippen LogP) is 2.88. The molecule has 0 radical (unpaired) electrons. The Morgan fingerprint density at radius 1 is 1.32 bits per heavy atom. The van der Waals surface area contributed by atoms with Crippen molar-refractivity contribution in [3.05, 3.63) is 21.4 Å². The second-order valence-electron chi connectivity index (χ2n) is 7.58. The van der Waals surface area contributed by atoms with Crippen LogP contribution in [0.15, 0.2) is 5.38 Å². The molecule has 0 bridgehead atoms. The van der Waals surface area contributed by atoms with Crippen LogP contribution in [0.2, 0.25) is 0 Å². The highest BCUT2D eigenvalue weighted by atomic mass is 32.1. The van der Waals surface area contributed by atoms with Crippen molar-refractivity contribution < 1.29 is 14.7 Å². The molecule has 3 rings (SSSR count). The third-order valence-corrected chi connectivity index (χ3v) is 6.68. The van der Waals surface area contributed by atoms with Crippen molar-refractivity contribution in [1.29, 1.82) is 0 Å². The second-order valence-corrected chi connectivity index (χ2v) is 8.55. The normalized spacial score (nSPS) is 24.0. The molecular formula is C19H28N2O3S. The number of aliphatic carboxylic acids is 1. The monoisotopic (exact) mass is 364 g/mol. The number of carboxylic acid groups (broad SMARTS) is 1. The van der Waals surface area contributed by atoms with Gasteiger partial charge in [-0.3, -0.25) is 14.5 Å². The molecule has 1 aromatic heterocycles. The molecule has 5 nitrogen and oxygen atoms in total. The lowest BCUT2D eigenvalue weighted by atomic mass is 9.88. The average Bonchev–Trinajstić information content (AvgIpc) is 2.81. The summed E-state index contributed by atoms with van der Waals surface area (Å²) >= 11 is 1.74. The Morgan fingerprint density at radius 2 is 2.12 bits per heavy atom. The number of amides is 1. The first-order valence-corrected chi connectivity index (χ1v) is 10.1. The number of likely N-dealkylation sites (tertiary alicyclic amines) is 1. The summed E-state index contributed by atoms with van der Waals surface area (Å²) in [5, 5.41) is 11.0. The maximum atomic E-state index is 13.0. The minimum Gasteiger partial charge on any atom is -0.480 e. The summed E-state index contributed by atoms with van der Waals surface area (Å²) in [4.78, 5) is 29.3. The smallest absolute Gasteiger partial charge is 0.317 e. The predicted molar refractivity (Wildman–Crippen MR) is 99.3 cm³/mol. The summed E-state index contributed by atoms with van der Waals surface area (Å²) < 4.78 is 0. The number of likely N-dealkylation sites (N-methyl/N-ethyl adjacent to an activating group) is 1. The first-order valence-electron chi connectivity index (χ1n) is 9.26. The molecule has 2 aliphatic rings. The number of thiophene rings is 1. The van der Waals surface area contributed by atoms with Gasteiger partial charge in [-0.15, -0.1) is 11.3 Å². The summed E-state index contributed by atoms with van der Waals surface area (Å²) in [6.07, 6.45) is 6.04. The van der Waals surface area contributed by atoms with Crippen LogP contribution < -0.4 is 0 Å². The first kappa shape index (κ1) is 18.4. The Morgan fingerprint density at radius 3 is 2.88 bits per heavy atom. The SMILES string of the molecule is C[C@H]1CCc2c(C(=O)N3CCC[C@@H](N(C)CC(=O)O)CC3)csc2C1. The van der Waals surface area contributed by atoms with Crippen molar-refractivity contribution in [2.75, 3.05) is 26.7 Å². The van der Waals surface area contributed by atoms with E-state index in [1.807, 2.05) is 16.8 Å². The van der Waals surface area contributed by atoms with E-state index in [1.165, 1.54) is 16.9 Å². The number of hydrogen-bond donors (Lipinski definition) is 1. The fourth-order valence-corrected chi connectivity index (χ4v) is 5.33. The van der Waals surface area contributed by atoms with Crippen LogP contribution in [-0.2, 0) is 17.6 Å². The number of hydrogen-bond acceptors (Lipinski definition) is 4. The van der Waals surface area contributed by atoms with Crippen molar-refractivity contribution in [3.8, 4) is 0 Å². The molecule has 1 aliphatic heterocycles. The van der Waals surface area contributed by atoms with Crippen LogP contribution in [0.1, 0.15) is 53.4 Å². The molecule has 0 saturated carbocycles. The molecule has 0 unspecified atom stereocenters. The zero-order chi connectivity index (χ0) is 18.0. The summed E-state index contributed by atoms with van der Waals surface area (Å²) in [7, 11) is 1.87. The van der Waals surface area contributed by atoms with Crippen molar-refractivity contribution >= 4 is 23.2 Å². The molecule has 138 valence electrons. The van der Waals surface area contributed by atoms with Gasteiger partial charge in [0.25, 0.3) is 5.91 Å². The Labute approximate surface area is 153 Å². The highest BCUT2D eigenvalue weighted by Crippen LogP contribution is 2.33. The molecule has 1 amide bonds. The van der Waals surface area contributed by atoms with E-state index in [2.05, 4.69) is 12.3 Å². The van der Waals surface area contributed by atoms with E-state index >= 15 is 0 Å². The molecule has 0 aromatic carbocycles. The van der Waals surface area contributed by atoms with Crippen LogP contribution in [0.4, 0.5) is 0 Å². The minimum atomic E-state index is -0.793. The van der Waals surface area contributed by atoms with Gasteiger partial charge < -0.3 is 10.0 Å². The van der Waals surface area contributed by atoms with Crippen molar-refractivity contribution in [2.45, 2.75) is 51.5 Å². The van der Waals surface area contributed by atoms with E-state index < -0.39 is 5.97 Å². The third kappa shape index (κ3) is 4.23. The van der Waals surface area contributed by atoms with Crippen molar-refractivity contribution in [2.24, 2.45) is 5.92 Å². The second kappa shape index (κ2) is 7.87. The van der Waals surface area contributed by atoms with Crippen LogP contribution in [0, 0.1) is 5.92 Å². The van der Waals surface area contributed by atoms with E-state index in [0.717, 1.165) is 50.1 Å². The lowest BCUT2D eigenvalue weighted by Gasteiger charge is -2.26. The Bertz CT molecular complexity index is 643. The fourth-order valence-electron chi connectivity index (χ4n) is 4.09. The molecule has 1 saturated heterocycles. The van der Waals surface area contributed by atoms with Gasteiger partial charge in [0.2, 0.25) is 0 Å². The third-order valence-electron chi connectivity index (χ3n) is 5.62. The number of carbonyl (C=O) groups is 2. The van der Waals surface area contributed by atoms with Crippen molar-refractivity contribution in [1.82, 2.24) is 9.80 Å². The van der Waals surface area contributed by atoms with Crippen LogP contribution >= 0.6 is 11.3 Å². The number of fused-ring (bicyclic) bond motifs is 1. The number of carboxylic acids is 1.